The minimum atomic E-state index is 0.234. The summed E-state index contributed by atoms with van der Waals surface area (Å²) in [5.74, 6) is 0.950. The van der Waals surface area contributed by atoms with Crippen molar-refractivity contribution in [1.82, 2.24) is 15.3 Å². The van der Waals surface area contributed by atoms with Crippen molar-refractivity contribution in [1.29, 1.82) is 0 Å². The van der Waals surface area contributed by atoms with Crippen molar-refractivity contribution in [2.75, 3.05) is 36.9 Å². The van der Waals surface area contributed by atoms with Gasteiger partial charge < -0.3 is 15.5 Å². The number of anilines is 3. The molecule has 0 saturated carbocycles. The lowest BCUT2D eigenvalue weighted by molar-refractivity contribution is 0.462. The summed E-state index contributed by atoms with van der Waals surface area (Å²) in [4.78, 5) is 11.4. The second kappa shape index (κ2) is 6.30. The summed E-state index contributed by atoms with van der Waals surface area (Å²) in [5, 5.41) is 6.99. The van der Waals surface area contributed by atoms with E-state index in [4.69, 9.17) is 0 Å². The fraction of sp³-hybridized carbons (Fsp3) is 0.500. The van der Waals surface area contributed by atoms with Gasteiger partial charge >= 0.3 is 0 Å². The van der Waals surface area contributed by atoms with Gasteiger partial charge in [-0.05, 0) is 42.5 Å². The van der Waals surface area contributed by atoms with Gasteiger partial charge in [-0.1, -0.05) is 19.9 Å². The number of hydrogen-bond donors (Lipinski definition) is 2. The van der Waals surface area contributed by atoms with Gasteiger partial charge in [-0.3, -0.25) is 0 Å². The Morgan fingerprint density at radius 2 is 2.00 bits per heavy atom. The Hall–Kier alpha value is -2.14. The zero-order valence-corrected chi connectivity index (χ0v) is 15.4. The maximum atomic E-state index is 4.53. The predicted octanol–water partition coefficient (Wildman–Crippen LogP) is 3.03. The molecular formula is C20H27N5. The highest BCUT2D eigenvalue weighted by molar-refractivity contribution is 5.69. The third kappa shape index (κ3) is 3.09. The average Bonchev–Trinajstić information content (AvgIpc) is 2.85. The Morgan fingerprint density at radius 3 is 2.88 bits per heavy atom. The molecule has 3 heterocycles. The van der Waals surface area contributed by atoms with E-state index in [-0.39, 0.29) is 5.41 Å². The van der Waals surface area contributed by atoms with Gasteiger partial charge in [0.2, 0.25) is 0 Å². The largest absolute Gasteiger partial charge is 0.374 e. The first-order valence-electron chi connectivity index (χ1n) is 9.21. The lowest BCUT2D eigenvalue weighted by Gasteiger charge is -2.38. The van der Waals surface area contributed by atoms with Gasteiger partial charge in [-0.25, -0.2) is 9.97 Å². The Balaban J connectivity index is 1.68. The van der Waals surface area contributed by atoms with Gasteiger partial charge in [-0.2, -0.15) is 0 Å². The molecule has 1 aromatic carbocycles. The minimum absolute atomic E-state index is 0.234. The van der Waals surface area contributed by atoms with Crippen molar-refractivity contribution in [3.05, 3.63) is 41.3 Å². The molecular weight excluding hydrogens is 310 g/mol. The lowest BCUT2D eigenvalue weighted by Crippen LogP contribution is -2.34. The maximum Gasteiger partial charge on any atom is 0.137 e. The molecule has 2 N–H and O–H groups in total. The predicted molar refractivity (Wildman–Crippen MR) is 103 cm³/mol. The molecule has 0 amide bonds. The normalized spacial score (nSPS) is 18.9. The van der Waals surface area contributed by atoms with E-state index in [2.05, 4.69) is 64.6 Å². The molecule has 5 nitrogen and oxygen atoms in total. The molecule has 0 aliphatic carbocycles. The van der Waals surface area contributed by atoms with E-state index in [1.165, 1.54) is 28.9 Å². The van der Waals surface area contributed by atoms with Crippen LogP contribution in [0.2, 0.25) is 0 Å². The number of benzene rings is 1. The molecule has 0 saturated heterocycles. The van der Waals surface area contributed by atoms with E-state index < -0.39 is 0 Å². The number of nitrogens with zero attached hydrogens (tertiary/aromatic N) is 3. The van der Waals surface area contributed by atoms with E-state index in [1.54, 1.807) is 6.33 Å². The summed E-state index contributed by atoms with van der Waals surface area (Å²) in [6.45, 7) is 7.74. The van der Waals surface area contributed by atoms with Crippen molar-refractivity contribution in [3.8, 4) is 0 Å². The Labute approximate surface area is 149 Å². The highest BCUT2D eigenvalue weighted by Crippen LogP contribution is 2.40. The van der Waals surface area contributed by atoms with Gasteiger partial charge in [0.15, 0.2) is 0 Å². The summed E-state index contributed by atoms with van der Waals surface area (Å²) in [6.07, 6.45) is 4.81. The van der Waals surface area contributed by atoms with Crippen molar-refractivity contribution in [3.63, 3.8) is 0 Å². The summed E-state index contributed by atoms with van der Waals surface area (Å²) >= 11 is 0. The van der Waals surface area contributed by atoms with Crippen LogP contribution in [0, 0.1) is 0 Å². The number of aromatic nitrogens is 2. The minimum Gasteiger partial charge on any atom is -0.374 e. The molecule has 25 heavy (non-hydrogen) atoms. The van der Waals surface area contributed by atoms with Crippen LogP contribution in [0.4, 0.5) is 17.2 Å². The van der Waals surface area contributed by atoms with Crippen LogP contribution in [-0.4, -0.2) is 36.6 Å². The third-order valence-electron chi connectivity index (χ3n) is 5.60. The summed E-state index contributed by atoms with van der Waals surface area (Å²) in [7, 11) is 2.18. The first-order valence-corrected chi connectivity index (χ1v) is 9.21. The van der Waals surface area contributed by atoms with Crippen LogP contribution >= 0.6 is 0 Å². The fourth-order valence-electron chi connectivity index (χ4n) is 3.92. The van der Waals surface area contributed by atoms with E-state index in [0.717, 1.165) is 44.0 Å². The molecule has 0 fully saturated rings. The second-order valence-corrected chi connectivity index (χ2v) is 7.81. The third-order valence-corrected chi connectivity index (χ3v) is 5.60. The smallest absolute Gasteiger partial charge is 0.137 e. The Kier molecular flexibility index (Phi) is 4.12. The molecule has 2 aliphatic heterocycles. The van der Waals surface area contributed by atoms with E-state index in [1.807, 2.05) is 0 Å². The summed E-state index contributed by atoms with van der Waals surface area (Å²) < 4.78 is 0. The second-order valence-electron chi connectivity index (χ2n) is 7.81. The molecule has 132 valence electrons. The van der Waals surface area contributed by atoms with E-state index in [9.17, 15) is 0 Å². The van der Waals surface area contributed by atoms with Gasteiger partial charge in [0.05, 0.1) is 5.69 Å². The maximum absolute atomic E-state index is 4.53. The molecule has 5 heteroatoms. The standard InChI is InChI=1S/C20H27N5/c1-20(2)8-11-25(3)18-12-14(4-5-16(18)20)24-19-15-6-9-21-10-7-17(15)22-13-23-19/h4-5,12-13,21H,6-11H2,1-3H3,(H,22,23,24). The Morgan fingerprint density at radius 1 is 1.16 bits per heavy atom. The zero-order valence-electron chi connectivity index (χ0n) is 15.4. The zero-order chi connectivity index (χ0) is 17.4. The number of rotatable bonds is 2. The van der Waals surface area contributed by atoms with Crippen LogP contribution in [0.3, 0.4) is 0 Å². The first-order chi connectivity index (χ1) is 12.0. The number of nitrogens with one attached hydrogen (secondary N) is 2. The lowest BCUT2D eigenvalue weighted by atomic mass is 9.78. The quantitative estimate of drug-likeness (QED) is 0.882. The van der Waals surface area contributed by atoms with Gasteiger partial charge in [0.25, 0.3) is 0 Å². The topological polar surface area (TPSA) is 53.1 Å². The van der Waals surface area contributed by atoms with Gasteiger partial charge in [-0.15, -0.1) is 0 Å². The molecule has 0 spiro atoms. The number of hydrogen-bond acceptors (Lipinski definition) is 5. The van der Waals surface area contributed by atoms with Gasteiger partial charge in [0, 0.05) is 43.5 Å². The molecule has 4 rings (SSSR count). The molecule has 0 unspecified atom stereocenters. The summed E-state index contributed by atoms with van der Waals surface area (Å²) in [5.41, 5.74) is 6.50. The highest BCUT2D eigenvalue weighted by atomic mass is 15.1. The van der Waals surface area contributed by atoms with E-state index in [0.29, 0.717) is 0 Å². The number of fused-ring (bicyclic) bond motifs is 2. The van der Waals surface area contributed by atoms with Crippen LogP contribution in [0.5, 0.6) is 0 Å². The van der Waals surface area contributed by atoms with E-state index >= 15 is 0 Å². The summed E-state index contributed by atoms with van der Waals surface area (Å²) in [6, 6.07) is 6.72. The van der Waals surface area contributed by atoms with Crippen LogP contribution in [0.25, 0.3) is 0 Å². The van der Waals surface area contributed by atoms with Crippen molar-refractivity contribution < 1.29 is 0 Å². The molecule has 2 aromatic rings. The highest BCUT2D eigenvalue weighted by Gasteiger charge is 2.29. The monoisotopic (exact) mass is 337 g/mol. The molecule has 0 atom stereocenters. The van der Waals surface area contributed by atoms with Crippen LogP contribution in [0.15, 0.2) is 24.5 Å². The van der Waals surface area contributed by atoms with Crippen LogP contribution in [0.1, 0.15) is 37.1 Å². The van der Waals surface area contributed by atoms with Crippen LogP contribution < -0.4 is 15.5 Å². The molecule has 0 radical (unpaired) electrons. The molecule has 2 aliphatic rings. The first kappa shape index (κ1) is 16.3. The molecule has 1 aromatic heterocycles. The fourth-order valence-corrected chi connectivity index (χ4v) is 3.92. The Bertz CT molecular complexity index is 784. The van der Waals surface area contributed by atoms with Crippen molar-refractivity contribution in [2.24, 2.45) is 0 Å². The van der Waals surface area contributed by atoms with Crippen LogP contribution in [-0.2, 0) is 18.3 Å². The van der Waals surface area contributed by atoms with Gasteiger partial charge in [0.1, 0.15) is 12.1 Å². The molecule has 0 bridgehead atoms. The van der Waals surface area contributed by atoms with Crippen molar-refractivity contribution >= 4 is 17.2 Å². The SMILES string of the molecule is CN1CCC(C)(C)c2ccc(Nc3ncnc4c3CCNCC4)cc21. The average molecular weight is 337 g/mol. The van der Waals surface area contributed by atoms with Crippen molar-refractivity contribution in [2.45, 2.75) is 38.5 Å².